The molecule has 5 rings (SSSR count). The van der Waals surface area contributed by atoms with Crippen LogP contribution in [0.1, 0.15) is 21.6 Å². The Morgan fingerprint density at radius 1 is 0.964 bits per heavy atom. The molecule has 2 N–H and O–H groups in total. The highest BCUT2D eigenvalue weighted by Crippen LogP contribution is 2.30. The number of hydrogen-bond donors (Lipinski definition) is 2. The maximum atomic E-state index is 12.1. The molecule has 2 aromatic heterocycles. The second-order valence-corrected chi connectivity index (χ2v) is 6.88. The molecule has 138 valence electrons. The number of nitrogens with zero attached hydrogens (tertiary/aromatic N) is 1. The molecule has 1 amide bonds. The van der Waals surface area contributed by atoms with E-state index < -0.39 is 0 Å². The van der Waals surface area contributed by atoms with Gasteiger partial charge in [0, 0.05) is 41.4 Å². The first-order valence-electron chi connectivity index (χ1n) is 9.35. The van der Waals surface area contributed by atoms with Crippen molar-refractivity contribution >= 4 is 16.8 Å². The van der Waals surface area contributed by atoms with Gasteiger partial charge in [0.05, 0.1) is 11.1 Å². The van der Waals surface area contributed by atoms with Crippen LogP contribution in [-0.4, -0.2) is 22.4 Å². The SMILES string of the molecule is O=C1NCCc2[nH]c(-c3cccc4ccc(OCc5ccccc5)nc34)cc21. The van der Waals surface area contributed by atoms with Gasteiger partial charge in [-0.3, -0.25) is 4.79 Å². The molecule has 0 radical (unpaired) electrons. The van der Waals surface area contributed by atoms with Gasteiger partial charge in [0.2, 0.25) is 5.88 Å². The van der Waals surface area contributed by atoms with E-state index in [1.165, 1.54) is 0 Å². The standard InChI is InChI=1S/C23H19N3O2/c27-23-18-13-20(25-19(18)11-12-24-23)17-8-4-7-16-9-10-21(26-22(16)17)28-14-15-5-2-1-3-6-15/h1-10,13,25H,11-12,14H2,(H,24,27). The van der Waals surface area contributed by atoms with E-state index in [0.29, 0.717) is 19.0 Å². The number of nitrogens with one attached hydrogen (secondary N) is 2. The molecular weight excluding hydrogens is 350 g/mol. The monoisotopic (exact) mass is 369 g/mol. The molecule has 0 unspecified atom stereocenters. The summed E-state index contributed by atoms with van der Waals surface area (Å²) in [6.07, 6.45) is 0.810. The van der Waals surface area contributed by atoms with E-state index in [4.69, 9.17) is 9.72 Å². The molecule has 2 aromatic carbocycles. The Kier molecular flexibility index (Phi) is 4.05. The zero-order chi connectivity index (χ0) is 18.9. The number of para-hydroxylation sites is 1. The van der Waals surface area contributed by atoms with Gasteiger partial charge in [-0.2, -0.15) is 0 Å². The minimum Gasteiger partial charge on any atom is -0.473 e. The summed E-state index contributed by atoms with van der Waals surface area (Å²) in [6, 6.07) is 21.9. The van der Waals surface area contributed by atoms with Gasteiger partial charge in [0.1, 0.15) is 6.61 Å². The molecule has 28 heavy (non-hydrogen) atoms. The number of ether oxygens (including phenoxy) is 1. The van der Waals surface area contributed by atoms with Gasteiger partial charge >= 0.3 is 0 Å². The number of carbonyl (C=O) groups excluding carboxylic acids is 1. The molecule has 1 aliphatic rings. The summed E-state index contributed by atoms with van der Waals surface area (Å²) in [4.78, 5) is 20.3. The first-order valence-corrected chi connectivity index (χ1v) is 9.35. The number of aromatic amines is 1. The summed E-state index contributed by atoms with van der Waals surface area (Å²) in [6.45, 7) is 1.13. The molecule has 0 fully saturated rings. The largest absolute Gasteiger partial charge is 0.473 e. The van der Waals surface area contributed by atoms with Gasteiger partial charge in [0.25, 0.3) is 5.91 Å². The molecule has 0 saturated heterocycles. The van der Waals surface area contributed by atoms with Crippen LogP contribution in [0.4, 0.5) is 0 Å². The molecule has 0 saturated carbocycles. The Bertz CT molecular complexity index is 1170. The van der Waals surface area contributed by atoms with Crippen molar-refractivity contribution < 1.29 is 9.53 Å². The highest BCUT2D eigenvalue weighted by molar-refractivity contribution is 6.00. The predicted octanol–water partition coefficient (Wildman–Crippen LogP) is 4.09. The average Bonchev–Trinajstić information content (AvgIpc) is 3.18. The van der Waals surface area contributed by atoms with Crippen molar-refractivity contribution in [2.24, 2.45) is 0 Å². The van der Waals surface area contributed by atoms with Gasteiger partial charge in [-0.25, -0.2) is 4.98 Å². The molecule has 5 nitrogen and oxygen atoms in total. The fraction of sp³-hybridized carbons (Fsp3) is 0.130. The molecule has 0 atom stereocenters. The summed E-state index contributed by atoms with van der Waals surface area (Å²) in [7, 11) is 0. The second-order valence-electron chi connectivity index (χ2n) is 6.88. The van der Waals surface area contributed by atoms with Crippen LogP contribution in [0.25, 0.3) is 22.2 Å². The Morgan fingerprint density at radius 2 is 1.86 bits per heavy atom. The van der Waals surface area contributed by atoms with Crippen LogP contribution in [0, 0.1) is 0 Å². The van der Waals surface area contributed by atoms with Crippen LogP contribution in [0.5, 0.6) is 5.88 Å². The molecule has 1 aliphatic heterocycles. The van der Waals surface area contributed by atoms with Crippen LogP contribution in [0.15, 0.2) is 66.7 Å². The summed E-state index contributed by atoms with van der Waals surface area (Å²) < 4.78 is 5.90. The van der Waals surface area contributed by atoms with Gasteiger partial charge in [0.15, 0.2) is 0 Å². The van der Waals surface area contributed by atoms with Crippen molar-refractivity contribution in [3.05, 3.63) is 83.6 Å². The van der Waals surface area contributed by atoms with E-state index in [0.717, 1.165) is 45.4 Å². The van der Waals surface area contributed by atoms with E-state index >= 15 is 0 Å². The van der Waals surface area contributed by atoms with Crippen molar-refractivity contribution in [3.63, 3.8) is 0 Å². The predicted molar refractivity (Wildman–Crippen MR) is 108 cm³/mol. The molecule has 0 spiro atoms. The highest BCUT2D eigenvalue weighted by atomic mass is 16.5. The number of hydrogen-bond acceptors (Lipinski definition) is 3. The van der Waals surface area contributed by atoms with Crippen LogP contribution in [0.3, 0.4) is 0 Å². The molecule has 5 heteroatoms. The lowest BCUT2D eigenvalue weighted by atomic mass is 10.1. The Balaban J connectivity index is 1.52. The zero-order valence-corrected chi connectivity index (χ0v) is 15.2. The summed E-state index contributed by atoms with van der Waals surface area (Å²) >= 11 is 0. The maximum absolute atomic E-state index is 12.1. The van der Waals surface area contributed by atoms with Crippen molar-refractivity contribution in [2.75, 3.05) is 6.54 Å². The topological polar surface area (TPSA) is 67.0 Å². The smallest absolute Gasteiger partial charge is 0.253 e. The molecule has 3 heterocycles. The summed E-state index contributed by atoms with van der Waals surface area (Å²) in [5.74, 6) is 0.557. The van der Waals surface area contributed by atoms with Crippen molar-refractivity contribution in [1.29, 1.82) is 0 Å². The lowest BCUT2D eigenvalue weighted by Crippen LogP contribution is -2.31. The third kappa shape index (κ3) is 3.01. The molecule has 0 bridgehead atoms. The molecular formula is C23H19N3O2. The normalized spacial score (nSPS) is 13.2. The van der Waals surface area contributed by atoms with Gasteiger partial charge in [-0.1, -0.05) is 48.5 Å². The van der Waals surface area contributed by atoms with E-state index in [9.17, 15) is 4.79 Å². The van der Waals surface area contributed by atoms with E-state index in [-0.39, 0.29) is 5.91 Å². The fourth-order valence-corrected chi connectivity index (χ4v) is 3.60. The number of fused-ring (bicyclic) bond motifs is 2. The first kappa shape index (κ1) is 16.6. The zero-order valence-electron chi connectivity index (χ0n) is 15.2. The number of benzene rings is 2. The highest BCUT2D eigenvalue weighted by Gasteiger charge is 2.20. The number of carbonyl (C=O) groups is 1. The minimum atomic E-state index is -0.0242. The first-order chi connectivity index (χ1) is 13.8. The average molecular weight is 369 g/mol. The lowest BCUT2D eigenvalue weighted by molar-refractivity contribution is 0.0946. The van der Waals surface area contributed by atoms with Gasteiger partial charge in [-0.05, 0) is 17.7 Å². The van der Waals surface area contributed by atoms with E-state index in [1.54, 1.807) is 0 Å². The van der Waals surface area contributed by atoms with Gasteiger partial charge in [-0.15, -0.1) is 0 Å². The third-order valence-corrected chi connectivity index (χ3v) is 5.02. The van der Waals surface area contributed by atoms with E-state index in [1.807, 2.05) is 66.7 Å². The third-order valence-electron chi connectivity index (χ3n) is 5.02. The maximum Gasteiger partial charge on any atom is 0.253 e. The Morgan fingerprint density at radius 3 is 2.71 bits per heavy atom. The quantitative estimate of drug-likeness (QED) is 0.569. The fourth-order valence-electron chi connectivity index (χ4n) is 3.60. The van der Waals surface area contributed by atoms with E-state index in [2.05, 4.69) is 10.3 Å². The van der Waals surface area contributed by atoms with Crippen LogP contribution in [0.2, 0.25) is 0 Å². The number of aromatic nitrogens is 2. The Hall–Kier alpha value is -3.60. The number of amides is 1. The van der Waals surface area contributed by atoms with Crippen molar-refractivity contribution in [2.45, 2.75) is 13.0 Å². The second kappa shape index (κ2) is 6.85. The van der Waals surface area contributed by atoms with Gasteiger partial charge < -0.3 is 15.0 Å². The number of pyridine rings is 1. The van der Waals surface area contributed by atoms with Crippen LogP contribution >= 0.6 is 0 Å². The number of rotatable bonds is 4. The molecule has 0 aliphatic carbocycles. The van der Waals surface area contributed by atoms with Crippen molar-refractivity contribution in [3.8, 4) is 17.1 Å². The van der Waals surface area contributed by atoms with Crippen molar-refractivity contribution in [1.82, 2.24) is 15.3 Å². The summed E-state index contributed by atoms with van der Waals surface area (Å²) in [5.41, 5.74) is 5.51. The Labute approximate surface area is 162 Å². The molecule has 4 aromatic rings. The van der Waals surface area contributed by atoms with Crippen LogP contribution in [-0.2, 0) is 13.0 Å². The summed E-state index contributed by atoms with van der Waals surface area (Å²) in [5, 5.41) is 3.92. The lowest BCUT2D eigenvalue weighted by Gasteiger charge is -2.11. The van der Waals surface area contributed by atoms with Crippen LogP contribution < -0.4 is 10.1 Å². The number of H-pyrrole nitrogens is 1. The minimum absolute atomic E-state index is 0.0242.